The Kier molecular flexibility index (Phi) is 5.76. The molecule has 1 saturated carbocycles. The topological polar surface area (TPSA) is 68.1 Å². The fraction of sp³-hybridized carbons (Fsp3) is 0.300. The first-order valence-corrected chi connectivity index (χ1v) is 8.70. The Hall–Kier alpha value is -3.10. The van der Waals surface area contributed by atoms with E-state index >= 15 is 0 Å². The van der Waals surface area contributed by atoms with Crippen molar-refractivity contribution in [2.45, 2.75) is 38.0 Å². The van der Waals surface area contributed by atoms with Gasteiger partial charge in [-0.1, -0.05) is 18.7 Å². The number of hydrogen-bond donors (Lipinski definition) is 1. The van der Waals surface area contributed by atoms with Crippen LogP contribution in [0.1, 0.15) is 19.8 Å². The first-order chi connectivity index (χ1) is 13.7. The molecule has 2 heterocycles. The van der Waals surface area contributed by atoms with Crippen LogP contribution in [-0.2, 0) is 0 Å². The second-order valence-corrected chi connectivity index (χ2v) is 6.72. The molecule has 154 valence electrons. The molecule has 1 aliphatic rings. The highest BCUT2D eigenvalue weighted by molar-refractivity contribution is 5.55. The summed E-state index contributed by atoms with van der Waals surface area (Å²) in [7, 11) is 0. The minimum absolute atomic E-state index is 0.0254. The van der Waals surface area contributed by atoms with Gasteiger partial charge in [0.2, 0.25) is 5.88 Å². The second-order valence-electron chi connectivity index (χ2n) is 6.72. The van der Waals surface area contributed by atoms with Gasteiger partial charge in [0.05, 0.1) is 6.07 Å². The maximum absolute atomic E-state index is 14.8. The van der Waals surface area contributed by atoms with Crippen LogP contribution in [-0.4, -0.2) is 28.3 Å². The number of pyridine rings is 1. The fourth-order valence-electron chi connectivity index (χ4n) is 2.88. The van der Waals surface area contributed by atoms with Crippen molar-refractivity contribution in [3.63, 3.8) is 0 Å². The number of halogens is 4. The predicted octanol–water partition coefficient (Wildman–Crippen LogP) is 4.90. The number of nitrogens with zero attached hydrogens (tertiary/aromatic N) is 1. The number of H-pyrrole nitrogens is 1. The zero-order valence-corrected chi connectivity index (χ0v) is 15.4. The number of aromatic amines is 1. The number of aromatic nitrogens is 2. The molecule has 0 spiro atoms. The van der Waals surface area contributed by atoms with Crippen LogP contribution in [0, 0.1) is 0 Å². The molecule has 0 saturated heterocycles. The van der Waals surface area contributed by atoms with Crippen molar-refractivity contribution in [2.24, 2.45) is 0 Å². The number of ether oxygens (including phenoxy) is 1. The number of nitrogens with one attached hydrogen (secondary N) is 1. The van der Waals surface area contributed by atoms with Gasteiger partial charge in [-0.05, 0) is 18.6 Å². The summed E-state index contributed by atoms with van der Waals surface area (Å²) in [5.41, 5.74) is -2.45. The van der Waals surface area contributed by atoms with Crippen LogP contribution in [0.15, 0.2) is 69.4 Å². The Balaban J connectivity index is 1.56. The van der Waals surface area contributed by atoms with Crippen LogP contribution in [0.4, 0.5) is 17.6 Å². The first kappa shape index (κ1) is 20.6. The third-order valence-electron chi connectivity index (χ3n) is 4.61. The average Bonchev–Trinajstić information content (AvgIpc) is 3.06. The number of rotatable bonds is 7. The lowest BCUT2D eigenvalue weighted by Crippen LogP contribution is -2.47. The van der Waals surface area contributed by atoms with Crippen molar-refractivity contribution in [1.29, 1.82) is 0 Å². The van der Waals surface area contributed by atoms with E-state index in [2.05, 4.69) is 16.7 Å². The molecule has 1 aliphatic carbocycles. The Labute approximate surface area is 163 Å². The molecule has 3 rings (SSSR count). The predicted molar refractivity (Wildman–Crippen MR) is 98.1 cm³/mol. The monoisotopic (exact) mass is 410 g/mol. The highest BCUT2D eigenvalue weighted by atomic mass is 19.3. The summed E-state index contributed by atoms with van der Waals surface area (Å²) >= 11 is 0. The number of allylic oxidation sites excluding steroid dienone is 5. The second kappa shape index (κ2) is 8.10. The van der Waals surface area contributed by atoms with Gasteiger partial charge in [-0.25, -0.2) is 22.5 Å². The molecule has 9 heteroatoms. The molecular weight excluding hydrogens is 392 g/mol. The van der Waals surface area contributed by atoms with Gasteiger partial charge in [-0.3, -0.25) is 4.79 Å². The molecule has 2 aromatic heterocycles. The average molecular weight is 410 g/mol. The molecule has 0 amide bonds. The van der Waals surface area contributed by atoms with E-state index in [-0.39, 0.29) is 29.9 Å². The molecule has 29 heavy (non-hydrogen) atoms. The van der Waals surface area contributed by atoms with Crippen LogP contribution in [0.2, 0.25) is 0 Å². The molecule has 2 aromatic rings. The standard InChI is InChI=1S/C20H18F4N2O3/c1-11(3-5-15(12(2)21)19(22)23)20(24)8-14(9-20)28-18-6-4-13(10-25-18)16-7-17(27)26-29-16/h3-7,10,14,19H,1,8-9H2,2H3,(H,26,27)/b5-3-,15-12-. The van der Waals surface area contributed by atoms with Gasteiger partial charge >= 0.3 is 0 Å². The highest BCUT2D eigenvalue weighted by Crippen LogP contribution is 2.44. The van der Waals surface area contributed by atoms with Crippen molar-refractivity contribution < 1.29 is 26.8 Å². The van der Waals surface area contributed by atoms with Crippen molar-refractivity contribution in [1.82, 2.24) is 10.1 Å². The van der Waals surface area contributed by atoms with E-state index in [4.69, 9.17) is 9.26 Å². The summed E-state index contributed by atoms with van der Waals surface area (Å²) < 4.78 is 63.9. The molecular formula is C20H18F4N2O3. The molecule has 0 aromatic carbocycles. The van der Waals surface area contributed by atoms with Crippen LogP contribution in [0.5, 0.6) is 5.88 Å². The minimum Gasteiger partial charge on any atom is -0.474 e. The van der Waals surface area contributed by atoms with Crippen molar-refractivity contribution in [2.75, 3.05) is 0 Å². The number of alkyl halides is 3. The Morgan fingerprint density at radius 2 is 2.14 bits per heavy atom. The molecule has 0 bridgehead atoms. The SMILES string of the molecule is C=C(/C=C\C(=C(/C)F)C(F)F)C1(F)CC(Oc2ccc(-c3cc(=O)[nH]o3)cn2)C1. The van der Waals surface area contributed by atoms with Gasteiger partial charge in [-0.15, -0.1) is 0 Å². The Morgan fingerprint density at radius 3 is 2.66 bits per heavy atom. The maximum atomic E-state index is 14.8. The molecule has 5 nitrogen and oxygen atoms in total. The summed E-state index contributed by atoms with van der Waals surface area (Å²) in [6, 6.07) is 4.47. The summed E-state index contributed by atoms with van der Waals surface area (Å²) in [5.74, 6) is -0.444. The third kappa shape index (κ3) is 4.67. The van der Waals surface area contributed by atoms with Gasteiger partial charge in [0.15, 0.2) is 5.76 Å². The smallest absolute Gasteiger partial charge is 0.280 e. The van der Waals surface area contributed by atoms with E-state index in [1.807, 2.05) is 0 Å². The third-order valence-corrected chi connectivity index (χ3v) is 4.61. The quantitative estimate of drug-likeness (QED) is 0.521. The fourth-order valence-corrected chi connectivity index (χ4v) is 2.88. The van der Waals surface area contributed by atoms with Gasteiger partial charge in [-0.2, -0.15) is 5.16 Å². The number of hydrogen-bond acceptors (Lipinski definition) is 4. The maximum Gasteiger partial charge on any atom is 0.280 e. The molecule has 0 aliphatic heterocycles. The van der Waals surface area contributed by atoms with Gasteiger partial charge in [0.25, 0.3) is 12.0 Å². The van der Waals surface area contributed by atoms with E-state index in [0.29, 0.717) is 11.3 Å². The van der Waals surface area contributed by atoms with E-state index in [9.17, 15) is 22.4 Å². The first-order valence-electron chi connectivity index (χ1n) is 8.70. The lowest BCUT2D eigenvalue weighted by molar-refractivity contribution is -0.0167. The summed E-state index contributed by atoms with van der Waals surface area (Å²) in [4.78, 5) is 15.2. The summed E-state index contributed by atoms with van der Waals surface area (Å²) in [5, 5.41) is 2.17. The van der Waals surface area contributed by atoms with Crippen molar-refractivity contribution in [3.8, 4) is 17.2 Å². The van der Waals surface area contributed by atoms with Crippen LogP contribution >= 0.6 is 0 Å². The lowest BCUT2D eigenvalue weighted by atomic mass is 9.74. The van der Waals surface area contributed by atoms with Crippen molar-refractivity contribution >= 4 is 0 Å². The van der Waals surface area contributed by atoms with Gasteiger partial charge in [0.1, 0.15) is 17.6 Å². The molecule has 1 N–H and O–H groups in total. The van der Waals surface area contributed by atoms with E-state index < -0.39 is 29.6 Å². The molecule has 1 fully saturated rings. The van der Waals surface area contributed by atoms with Crippen LogP contribution in [0.3, 0.4) is 0 Å². The Morgan fingerprint density at radius 1 is 1.41 bits per heavy atom. The zero-order valence-electron chi connectivity index (χ0n) is 15.4. The highest BCUT2D eigenvalue weighted by Gasteiger charge is 2.48. The minimum atomic E-state index is -2.99. The Bertz CT molecular complexity index is 995. The van der Waals surface area contributed by atoms with E-state index in [1.54, 1.807) is 12.1 Å². The largest absolute Gasteiger partial charge is 0.474 e. The van der Waals surface area contributed by atoms with Crippen LogP contribution < -0.4 is 10.3 Å². The van der Waals surface area contributed by atoms with Crippen LogP contribution in [0.25, 0.3) is 11.3 Å². The van der Waals surface area contributed by atoms with Gasteiger partial charge < -0.3 is 9.26 Å². The molecule has 0 radical (unpaired) electrons. The van der Waals surface area contributed by atoms with E-state index in [1.165, 1.54) is 12.3 Å². The zero-order chi connectivity index (χ0) is 21.2. The summed E-state index contributed by atoms with van der Waals surface area (Å²) in [6.45, 7) is 4.48. The summed E-state index contributed by atoms with van der Waals surface area (Å²) in [6.07, 6.45) is -0.173. The molecule has 0 unspecified atom stereocenters. The normalized spacial score (nSPS) is 22.5. The van der Waals surface area contributed by atoms with Gasteiger partial charge in [0, 0.05) is 36.2 Å². The molecule has 0 atom stereocenters. The van der Waals surface area contributed by atoms with E-state index in [0.717, 1.165) is 19.1 Å². The van der Waals surface area contributed by atoms with Crippen molar-refractivity contribution in [3.05, 3.63) is 70.5 Å². The lowest BCUT2D eigenvalue weighted by Gasteiger charge is -2.41.